The number of aromatic nitrogens is 1. The van der Waals surface area contributed by atoms with Crippen LogP contribution in [0, 0.1) is 0 Å². The molecule has 35 heavy (non-hydrogen) atoms. The Labute approximate surface area is 200 Å². The predicted molar refractivity (Wildman–Crippen MR) is 140 cm³/mol. The minimum atomic E-state index is -0.386. The molecular formula is C29H22N2O4. The predicted octanol–water partition coefficient (Wildman–Crippen LogP) is 5.59. The molecule has 0 unspecified atom stereocenters. The lowest BCUT2D eigenvalue weighted by Gasteiger charge is -2.06. The van der Waals surface area contributed by atoms with Crippen LogP contribution in [0.15, 0.2) is 88.6 Å². The minimum Gasteiger partial charge on any atom is -0.504 e. The first kappa shape index (κ1) is 22.0. The zero-order valence-corrected chi connectivity index (χ0v) is 18.6. The Balaban J connectivity index is 1.47. The number of fused-ring (bicyclic) bond motifs is 2. The van der Waals surface area contributed by atoms with Gasteiger partial charge in [0.05, 0.1) is 12.1 Å². The van der Waals surface area contributed by atoms with Crippen molar-refractivity contribution < 1.29 is 15.3 Å². The molecule has 6 heteroatoms. The van der Waals surface area contributed by atoms with Crippen LogP contribution in [0.5, 0.6) is 17.4 Å². The molecule has 0 spiro atoms. The molecule has 1 aromatic heterocycles. The number of benzene rings is 4. The molecule has 0 amide bonds. The average molecular weight is 463 g/mol. The van der Waals surface area contributed by atoms with Crippen molar-refractivity contribution in [1.29, 1.82) is 0 Å². The molecule has 1 heterocycles. The van der Waals surface area contributed by atoms with Gasteiger partial charge in [-0.2, -0.15) is 0 Å². The van der Waals surface area contributed by atoms with Crippen molar-refractivity contribution in [2.45, 2.75) is 6.54 Å². The Kier molecular flexibility index (Phi) is 5.77. The van der Waals surface area contributed by atoms with Crippen molar-refractivity contribution >= 4 is 39.9 Å². The summed E-state index contributed by atoms with van der Waals surface area (Å²) in [7, 11) is 0. The summed E-state index contributed by atoms with van der Waals surface area (Å²) in [6, 6.07) is 24.3. The molecule has 5 aromatic rings. The Morgan fingerprint density at radius 1 is 0.743 bits per heavy atom. The number of nitrogens with one attached hydrogen (secondary N) is 1. The van der Waals surface area contributed by atoms with Gasteiger partial charge in [0.25, 0.3) is 5.56 Å². The number of rotatable bonds is 5. The quantitative estimate of drug-likeness (QED) is 0.155. The van der Waals surface area contributed by atoms with Gasteiger partial charge in [-0.3, -0.25) is 14.8 Å². The van der Waals surface area contributed by atoms with Crippen molar-refractivity contribution in [3.8, 4) is 17.4 Å². The summed E-state index contributed by atoms with van der Waals surface area (Å²) >= 11 is 0. The maximum Gasteiger partial charge on any atom is 0.258 e. The first-order valence-corrected chi connectivity index (χ1v) is 11.0. The van der Waals surface area contributed by atoms with Gasteiger partial charge in [-0.05, 0) is 57.8 Å². The number of phenols is 2. The summed E-state index contributed by atoms with van der Waals surface area (Å²) in [5, 5.41) is 32.9. The van der Waals surface area contributed by atoms with Crippen LogP contribution in [-0.2, 0) is 6.54 Å². The van der Waals surface area contributed by atoms with Crippen molar-refractivity contribution in [2.24, 2.45) is 4.99 Å². The van der Waals surface area contributed by atoms with E-state index in [1.807, 2.05) is 36.4 Å². The highest BCUT2D eigenvalue weighted by atomic mass is 16.3. The lowest BCUT2D eigenvalue weighted by atomic mass is 10.0. The lowest BCUT2D eigenvalue weighted by Crippen LogP contribution is -2.08. The van der Waals surface area contributed by atoms with Gasteiger partial charge in [0.2, 0.25) is 5.88 Å². The smallest absolute Gasteiger partial charge is 0.258 e. The standard InChI is InChI=1S/C29H22N2O4/c32-26-12-9-20(15-27(26)33)16-30-17-25-24-14-19(8-11-23(24)28(34)31-29(25)35)6-5-18-7-10-21-3-1-2-4-22(21)13-18/h1-15,17,32-33H,16H2,(H2,31,34,35). The number of H-pyrrole nitrogens is 1. The van der Waals surface area contributed by atoms with Gasteiger partial charge < -0.3 is 15.3 Å². The van der Waals surface area contributed by atoms with E-state index in [0.717, 1.165) is 16.5 Å². The summed E-state index contributed by atoms with van der Waals surface area (Å²) in [6.45, 7) is 0.218. The molecule has 172 valence electrons. The molecule has 0 fully saturated rings. The molecule has 6 nitrogen and oxygen atoms in total. The Hall–Kier alpha value is -4.84. The Morgan fingerprint density at radius 3 is 2.29 bits per heavy atom. The van der Waals surface area contributed by atoms with Crippen LogP contribution in [0.1, 0.15) is 22.3 Å². The second kappa shape index (κ2) is 9.19. The van der Waals surface area contributed by atoms with Gasteiger partial charge in [-0.25, -0.2) is 0 Å². The number of aromatic hydroxyl groups is 3. The van der Waals surface area contributed by atoms with Crippen LogP contribution in [0.4, 0.5) is 0 Å². The fraction of sp³-hybridized carbons (Fsp3) is 0.0345. The summed E-state index contributed by atoms with van der Waals surface area (Å²) < 4.78 is 0. The number of hydrogen-bond acceptors (Lipinski definition) is 5. The van der Waals surface area contributed by atoms with Crippen molar-refractivity contribution in [3.63, 3.8) is 0 Å². The molecule has 0 aliphatic carbocycles. The van der Waals surface area contributed by atoms with Crippen molar-refractivity contribution in [2.75, 3.05) is 0 Å². The maximum absolute atomic E-state index is 12.4. The fourth-order valence-electron chi connectivity index (χ4n) is 4.00. The van der Waals surface area contributed by atoms with E-state index in [0.29, 0.717) is 21.9 Å². The van der Waals surface area contributed by atoms with Crippen LogP contribution in [0.25, 0.3) is 33.7 Å². The van der Waals surface area contributed by atoms with E-state index >= 15 is 0 Å². The highest BCUT2D eigenvalue weighted by Crippen LogP contribution is 2.26. The Morgan fingerprint density at radius 2 is 1.49 bits per heavy atom. The molecule has 4 aromatic carbocycles. The largest absolute Gasteiger partial charge is 0.504 e. The highest BCUT2D eigenvalue weighted by molar-refractivity contribution is 6.02. The van der Waals surface area contributed by atoms with Crippen LogP contribution in [-0.4, -0.2) is 26.5 Å². The van der Waals surface area contributed by atoms with Crippen LogP contribution in [0.3, 0.4) is 0 Å². The SMILES string of the molecule is O=c1[nH]c(O)c(C=NCc2ccc(O)c(O)c2)c2cc(C=Cc3ccc4ccccc4c3)ccc12. The third kappa shape index (κ3) is 4.63. The number of aromatic amines is 1. The second-order valence-electron chi connectivity index (χ2n) is 8.25. The first-order valence-electron chi connectivity index (χ1n) is 11.0. The van der Waals surface area contributed by atoms with Gasteiger partial charge in [0, 0.05) is 17.0 Å². The molecule has 0 radical (unpaired) electrons. The van der Waals surface area contributed by atoms with Gasteiger partial charge >= 0.3 is 0 Å². The number of nitrogens with zero attached hydrogens (tertiary/aromatic N) is 1. The zero-order valence-electron chi connectivity index (χ0n) is 18.6. The van der Waals surface area contributed by atoms with E-state index in [4.69, 9.17) is 0 Å². The van der Waals surface area contributed by atoms with Crippen LogP contribution < -0.4 is 5.56 Å². The van der Waals surface area contributed by atoms with E-state index in [-0.39, 0.29) is 29.5 Å². The molecule has 0 aliphatic rings. The van der Waals surface area contributed by atoms with E-state index in [2.05, 4.69) is 40.3 Å². The molecule has 0 saturated heterocycles. The van der Waals surface area contributed by atoms with E-state index < -0.39 is 0 Å². The maximum atomic E-state index is 12.4. The summed E-state index contributed by atoms with van der Waals surface area (Å²) in [5.41, 5.74) is 2.61. The molecule has 0 atom stereocenters. The van der Waals surface area contributed by atoms with Gasteiger partial charge in [0.1, 0.15) is 0 Å². The van der Waals surface area contributed by atoms with Gasteiger partial charge in [0.15, 0.2) is 11.5 Å². The number of pyridine rings is 1. The zero-order chi connectivity index (χ0) is 24.4. The summed E-state index contributed by atoms with van der Waals surface area (Å²) in [5.74, 6) is -0.695. The van der Waals surface area contributed by atoms with Crippen LogP contribution in [0.2, 0.25) is 0 Å². The third-order valence-electron chi connectivity index (χ3n) is 5.84. The van der Waals surface area contributed by atoms with E-state index in [1.54, 1.807) is 12.1 Å². The van der Waals surface area contributed by atoms with Crippen molar-refractivity contribution in [3.05, 3.63) is 111 Å². The van der Waals surface area contributed by atoms with Crippen LogP contribution >= 0.6 is 0 Å². The lowest BCUT2D eigenvalue weighted by molar-refractivity contribution is 0.403. The monoisotopic (exact) mass is 462 g/mol. The third-order valence-corrected chi connectivity index (χ3v) is 5.84. The molecule has 0 aliphatic heterocycles. The minimum absolute atomic E-state index is 0.203. The summed E-state index contributed by atoms with van der Waals surface area (Å²) in [4.78, 5) is 19.2. The normalized spacial score (nSPS) is 11.8. The topological polar surface area (TPSA) is 106 Å². The molecular weight excluding hydrogens is 440 g/mol. The number of phenolic OH excluding ortho intramolecular Hbond substituents is 2. The average Bonchev–Trinajstić information content (AvgIpc) is 2.86. The summed E-state index contributed by atoms with van der Waals surface area (Å²) in [6.07, 6.45) is 5.46. The first-order chi connectivity index (χ1) is 17.0. The Bertz CT molecular complexity index is 1680. The van der Waals surface area contributed by atoms with E-state index in [9.17, 15) is 20.1 Å². The second-order valence-corrected chi connectivity index (χ2v) is 8.25. The molecule has 5 rings (SSSR count). The highest BCUT2D eigenvalue weighted by Gasteiger charge is 2.10. The number of hydrogen-bond donors (Lipinski definition) is 4. The van der Waals surface area contributed by atoms with Gasteiger partial charge in [-0.15, -0.1) is 0 Å². The molecule has 0 bridgehead atoms. The molecule has 4 N–H and O–H groups in total. The van der Waals surface area contributed by atoms with Gasteiger partial charge in [-0.1, -0.05) is 60.7 Å². The fourth-order valence-corrected chi connectivity index (χ4v) is 4.00. The molecule has 0 saturated carbocycles. The van der Waals surface area contributed by atoms with E-state index in [1.165, 1.54) is 23.7 Å². The van der Waals surface area contributed by atoms with Crippen molar-refractivity contribution in [1.82, 2.24) is 4.98 Å². The number of aliphatic imine (C=N–C) groups is 1.